The Labute approximate surface area is 76.3 Å². The maximum atomic E-state index is 12.5. The third kappa shape index (κ3) is 2.21. The summed E-state index contributed by atoms with van der Waals surface area (Å²) in [6.07, 6.45) is 0. The molecule has 0 atom stereocenters. The Balaban J connectivity index is 3.01. The minimum absolute atomic E-state index is 0.306. The molecule has 1 nitrogen and oxygen atoms in total. The third-order valence-electron chi connectivity index (χ3n) is 1.05. The first-order valence-electron chi connectivity index (χ1n) is 2.75. The van der Waals surface area contributed by atoms with Crippen LogP contribution in [0.3, 0.4) is 0 Å². The van der Waals surface area contributed by atoms with Gasteiger partial charge >= 0.3 is 0 Å². The minimum Gasteiger partial charge on any atom is -0.207 e. The summed E-state index contributed by atoms with van der Waals surface area (Å²) in [5.74, 6) is -0.306. The first-order valence-corrected chi connectivity index (χ1v) is 4.36. The lowest BCUT2D eigenvalue weighted by molar-refractivity contribution is 0.625. The molecular formula is C7H3BrFNS. The molecule has 0 aromatic heterocycles. The van der Waals surface area contributed by atoms with Gasteiger partial charge in [-0.15, -0.1) is 0 Å². The van der Waals surface area contributed by atoms with Crippen molar-refractivity contribution in [3.8, 4) is 5.40 Å². The summed E-state index contributed by atoms with van der Waals surface area (Å²) in [7, 11) is 0. The van der Waals surface area contributed by atoms with E-state index >= 15 is 0 Å². The SMILES string of the molecule is N#CSc1ccc(F)cc1Br. The van der Waals surface area contributed by atoms with E-state index in [2.05, 4.69) is 15.9 Å². The van der Waals surface area contributed by atoms with Gasteiger partial charge in [0.25, 0.3) is 0 Å². The zero-order valence-corrected chi connectivity index (χ0v) is 7.75. The highest BCUT2D eigenvalue weighted by Gasteiger charge is 2.00. The van der Waals surface area contributed by atoms with E-state index in [0.717, 1.165) is 16.7 Å². The maximum Gasteiger partial charge on any atom is 0.138 e. The Hall–Kier alpha value is -0.530. The van der Waals surface area contributed by atoms with Crippen LogP contribution in [0, 0.1) is 16.5 Å². The van der Waals surface area contributed by atoms with Crippen LogP contribution in [-0.2, 0) is 0 Å². The highest BCUT2D eigenvalue weighted by Crippen LogP contribution is 2.26. The molecule has 0 spiro atoms. The molecule has 0 aliphatic rings. The number of rotatable bonds is 1. The Morgan fingerprint density at radius 2 is 2.27 bits per heavy atom. The second-order valence-electron chi connectivity index (χ2n) is 1.77. The van der Waals surface area contributed by atoms with Crippen LogP contribution in [0.1, 0.15) is 0 Å². The fraction of sp³-hybridized carbons (Fsp3) is 0. The molecule has 1 aromatic carbocycles. The second-order valence-corrected chi connectivity index (χ2v) is 3.45. The molecule has 0 unspecified atom stereocenters. The summed E-state index contributed by atoms with van der Waals surface area (Å²) >= 11 is 4.14. The maximum absolute atomic E-state index is 12.5. The molecule has 0 fully saturated rings. The smallest absolute Gasteiger partial charge is 0.138 e. The number of nitrogens with zero attached hydrogens (tertiary/aromatic N) is 1. The quantitative estimate of drug-likeness (QED) is 0.548. The van der Waals surface area contributed by atoms with Crippen molar-refractivity contribution in [2.75, 3.05) is 0 Å². The molecule has 1 aromatic rings. The molecule has 0 aliphatic heterocycles. The van der Waals surface area contributed by atoms with E-state index in [1.54, 1.807) is 6.07 Å². The van der Waals surface area contributed by atoms with E-state index < -0.39 is 0 Å². The molecule has 0 amide bonds. The van der Waals surface area contributed by atoms with Gasteiger partial charge in [-0.2, -0.15) is 5.26 Å². The van der Waals surface area contributed by atoms with Gasteiger partial charge in [0.2, 0.25) is 0 Å². The highest BCUT2D eigenvalue weighted by molar-refractivity contribution is 9.10. The number of thiocyanates is 1. The Morgan fingerprint density at radius 3 is 2.82 bits per heavy atom. The second kappa shape index (κ2) is 3.74. The number of halogens is 2. The number of benzene rings is 1. The van der Waals surface area contributed by atoms with Crippen LogP contribution in [0.5, 0.6) is 0 Å². The largest absolute Gasteiger partial charge is 0.207 e. The van der Waals surface area contributed by atoms with E-state index in [1.165, 1.54) is 12.1 Å². The molecule has 11 heavy (non-hydrogen) atoms. The summed E-state index contributed by atoms with van der Waals surface area (Å²) in [5.41, 5.74) is 0. The van der Waals surface area contributed by atoms with Crippen molar-refractivity contribution in [3.05, 3.63) is 28.5 Å². The zero-order chi connectivity index (χ0) is 8.27. The molecule has 4 heteroatoms. The van der Waals surface area contributed by atoms with Crippen LogP contribution in [0.2, 0.25) is 0 Å². The van der Waals surface area contributed by atoms with E-state index in [9.17, 15) is 4.39 Å². The van der Waals surface area contributed by atoms with E-state index in [0.29, 0.717) is 4.47 Å². The monoisotopic (exact) mass is 231 g/mol. The molecule has 0 N–H and O–H groups in total. The van der Waals surface area contributed by atoms with Gasteiger partial charge in [-0.1, -0.05) is 0 Å². The Bertz CT molecular complexity index is 308. The van der Waals surface area contributed by atoms with Crippen molar-refractivity contribution in [1.29, 1.82) is 5.26 Å². The van der Waals surface area contributed by atoms with Gasteiger partial charge in [0.1, 0.15) is 11.2 Å². The molecule has 0 heterocycles. The van der Waals surface area contributed by atoms with E-state index in [4.69, 9.17) is 5.26 Å². The van der Waals surface area contributed by atoms with Crippen molar-refractivity contribution in [2.24, 2.45) is 0 Å². The van der Waals surface area contributed by atoms with Gasteiger partial charge in [0.05, 0.1) is 0 Å². The number of hydrogen-bond acceptors (Lipinski definition) is 2. The lowest BCUT2D eigenvalue weighted by Gasteiger charge is -1.96. The summed E-state index contributed by atoms with van der Waals surface area (Å²) in [6, 6.07) is 4.22. The number of hydrogen-bond donors (Lipinski definition) is 0. The fourth-order valence-corrected chi connectivity index (χ4v) is 1.59. The predicted molar refractivity (Wildman–Crippen MR) is 45.6 cm³/mol. The van der Waals surface area contributed by atoms with Crippen LogP contribution < -0.4 is 0 Å². The molecule has 0 saturated carbocycles. The Kier molecular flexibility index (Phi) is 2.92. The summed E-state index contributed by atoms with van der Waals surface area (Å²) in [6.45, 7) is 0. The van der Waals surface area contributed by atoms with Crippen LogP contribution in [-0.4, -0.2) is 0 Å². The molecule has 0 bridgehead atoms. The van der Waals surface area contributed by atoms with Gasteiger partial charge in [-0.3, -0.25) is 0 Å². The summed E-state index contributed by atoms with van der Waals surface area (Å²) in [5, 5.41) is 10.2. The van der Waals surface area contributed by atoms with Crippen LogP contribution in [0.4, 0.5) is 4.39 Å². The van der Waals surface area contributed by atoms with Gasteiger partial charge in [0.15, 0.2) is 0 Å². The van der Waals surface area contributed by atoms with Crippen LogP contribution in [0.25, 0.3) is 0 Å². The van der Waals surface area contributed by atoms with Crippen molar-refractivity contribution in [2.45, 2.75) is 4.90 Å². The molecule has 0 saturated heterocycles. The standard InChI is InChI=1S/C7H3BrFNS/c8-6-3-5(9)1-2-7(6)11-4-10/h1-3H. The van der Waals surface area contributed by atoms with Crippen molar-refractivity contribution < 1.29 is 4.39 Å². The molecule has 0 aliphatic carbocycles. The fourth-order valence-electron chi connectivity index (χ4n) is 0.607. The zero-order valence-electron chi connectivity index (χ0n) is 5.34. The van der Waals surface area contributed by atoms with E-state index in [-0.39, 0.29) is 5.82 Å². The number of nitriles is 1. The summed E-state index contributed by atoms with van der Waals surface area (Å²) in [4.78, 5) is 0.730. The lowest BCUT2D eigenvalue weighted by Crippen LogP contribution is -1.75. The average molecular weight is 232 g/mol. The van der Waals surface area contributed by atoms with Gasteiger partial charge in [-0.25, -0.2) is 4.39 Å². The summed E-state index contributed by atoms with van der Waals surface area (Å²) < 4.78 is 13.1. The molecule has 1 rings (SSSR count). The van der Waals surface area contributed by atoms with Crippen molar-refractivity contribution in [3.63, 3.8) is 0 Å². The van der Waals surface area contributed by atoms with Crippen LogP contribution >= 0.6 is 27.7 Å². The van der Waals surface area contributed by atoms with Crippen LogP contribution in [0.15, 0.2) is 27.6 Å². The normalized spacial score (nSPS) is 9.18. The topological polar surface area (TPSA) is 23.8 Å². The molecule has 0 radical (unpaired) electrons. The first-order chi connectivity index (χ1) is 5.24. The highest BCUT2D eigenvalue weighted by atomic mass is 79.9. The number of thioether (sulfide) groups is 1. The van der Waals surface area contributed by atoms with Crippen molar-refractivity contribution >= 4 is 27.7 Å². The molecule has 56 valence electrons. The third-order valence-corrected chi connectivity index (χ3v) is 2.64. The van der Waals surface area contributed by atoms with Gasteiger partial charge < -0.3 is 0 Å². The van der Waals surface area contributed by atoms with Gasteiger partial charge in [-0.05, 0) is 45.9 Å². The average Bonchev–Trinajstić information content (AvgIpc) is 1.95. The van der Waals surface area contributed by atoms with Crippen molar-refractivity contribution in [1.82, 2.24) is 0 Å². The molecular weight excluding hydrogens is 229 g/mol. The van der Waals surface area contributed by atoms with E-state index in [1.807, 2.05) is 5.40 Å². The lowest BCUT2D eigenvalue weighted by atomic mass is 10.3. The first kappa shape index (κ1) is 8.57. The Morgan fingerprint density at radius 1 is 1.55 bits per heavy atom. The van der Waals surface area contributed by atoms with Gasteiger partial charge in [0, 0.05) is 9.37 Å². The minimum atomic E-state index is -0.306. The predicted octanol–water partition coefficient (Wildman–Crippen LogP) is 3.16.